The van der Waals surface area contributed by atoms with Crippen molar-refractivity contribution in [3.8, 4) is 0 Å². The Morgan fingerprint density at radius 2 is 2.00 bits per heavy atom. The van der Waals surface area contributed by atoms with Crippen LogP contribution in [0.25, 0.3) is 0 Å². The van der Waals surface area contributed by atoms with Gasteiger partial charge in [0.15, 0.2) is 5.69 Å². The fourth-order valence-electron chi connectivity index (χ4n) is 4.37. The fourth-order valence-corrected chi connectivity index (χ4v) is 4.37. The van der Waals surface area contributed by atoms with Gasteiger partial charge in [0, 0.05) is 30.5 Å². The molecule has 0 N–H and O–H groups in total. The second kappa shape index (κ2) is 6.62. The summed E-state index contributed by atoms with van der Waals surface area (Å²) in [5.41, 5.74) is 2.36. The van der Waals surface area contributed by atoms with E-state index in [1.54, 1.807) is 10.7 Å². The maximum atomic E-state index is 13.1. The van der Waals surface area contributed by atoms with Crippen LogP contribution in [0.15, 0.2) is 21.5 Å². The number of fused-ring (bicyclic) bond motifs is 1. The Hall–Kier alpha value is -2.44. The van der Waals surface area contributed by atoms with Gasteiger partial charge in [-0.2, -0.15) is 5.10 Å². The first-order valence-electron chi connectivity index (χ1n) is 10.1. The maximum absolute atomic E-state index is 13.1. The predicted molar refractivity (Wildman–Crippen MR) is 97.7 cm³/mol. The van der Waals surface area contributed by atoms with Gasteiger partial charge in [-0.3, -0.25) is 9.59 Å². The number of rotatable bonds is 4. The molecule has 1 unspecified atom stereocenters. The highest BCUT2D eigenvalue weighted by Gasteiger charge is 2.34. The molecule has 0 bridgehead atoms. The van der Waals surface area contributed by atoms with Crippen molar-refractivity contribution >= 4 is 5.91 Å². The molecule has 3 heterocycles. The molecule has 0 aromatic carbocycles. The number of likely N-dealkylation sites (tertiary alicyclic amines) is 1. The van der Waals surface area contributed by atoms with Crippen LogP contribution >= 0.6 is 0 Å². The lowest BCUT2D eigenvalue weighted by atomic mass is 9.96. The van der Waals surface area contributed by atoms with Crippen LogP contribution in [0.3, 0.4) is 0 Å². The second-order valence-corrected chi connectivity index (χ2v) is 7.99. The minimum Gasteiger partial charge on any atom is -0.360 e. The van der Waals surface area contributed by atoms with E-state index in [4.69, 9.17) is 4.52 Å². The Morgan fingerprint density at radius 1 is 1.15 bits per heavy atom. The molecule has 2 aromatic heterocycles. The lowest BCUT2D eigenvalue weighted by Gasteiger charge is -2.24. The molecule has 0 spiro atoms. The van der Waals surface area contributed by atoms with Crippen LogP contribution in [0.5, 0.6) is 0 Å². The highest BCUT2D eigenvalue weighted by atomic mass is 16.5. The largest absolute Gasteiger partial charge is 0.360 e. The van der Waals surface area contributed by atoms with Crippen LogP contribution in [-0.4, -0.2) is 38.3 Å². The van der Waals surface area contributed by atoms with Crippen LogP contribution < -0.4 is 5.56 Å². The van der Waals surface area contributed by atoms with Crippen molar-refractivity contribution in [2.24, 2.45) is 0 Å². The van der Waals surface area contributed by atoms with E-state index in [0.29, 0.717) is 24.7 Å². The van der Waals surface area contributed by atoms with Crippen molar-refractivity contribution < 1.29 is 9.32 Å². The quantitative estimate of drug-likeness (QED) is 0.827. The summed E-state index contributed by atoms with van der Waals surface area (Å²) in [7, 11) is 0. The second-order valence-electron chi connectivity index (χ2n) is 7.99. The van der Waals surface area contributed by atoms with Gasteiger partial charge >= 0.3 is 0 Å². The third-order valence-corrected chi connectivity index (χ3v) is 6.06. The first-order chi connectivity index (χ1) is 13.2. The van der Waals surface area contributed by atoms with Gasteiger partial charge in [-0.1, -0.05) is 5.16 Å². The van der Waals surface area contributed by atoms with Gasteiger partial charge in [0.1, 0.15) is 5.76 Å². The van der Waals surface area contributed by atoms with E-state index in [1.165, 1.54) is 0 Å². The van der Waals surface area contributed by atoms with Crippen molar-refractivity contribution in [2.45, 2.75) is 69.9 Å². The van der Waals surface area contributed by atoms with Crippen LogP contribution in [0.2, 0.25) is 0 Å². The SMILES string of the molecule is O=C(c1noc2c1CCCC2)N1CCCC1Cn1nc(C2CC2)ccc1=O. The Kier molecular flexibility index (Phi) is 4.10. The smallest absolute Gasteiger partial charge is 0.276 e. The zero-order valence-corrected chi connectivity index (χ0v) is 15.4. The summed E-state index contributed by atoms with van der Waals surface area (Å²) in [6.07, 6.45) is 8.02. The van der Waals surface area contributed by atoms with E-state index >= 15 is 0 Å². The van der Waals surface area contributed by atoms with Crippen molar-refractivity contribution in [2.75, 3.05) is 6.54 Å². The van der Waals surface area contributed by atoms with E-state index in [0.717, 1.165) is 68.4 Å². The predicted octanol–water partition coefficient (Wildman–Crippen LogP) is 2.29. The molecular weight excluding hydrogens is 344 g/mol. The molecule has 2 aromatic rings. The summed E-state index contributed by atoms with van der Waals surface area (Å²) < 4.78 is 6.97. The number of hydrogen-bond acceptors (Lipinski definition) is 5. The number of aromatic nitrogens is 3. The lowest BCUT2D eigenvalue weighted by molar-refractivity contribution is 0.0708. The molecule has 3 aliphatic rings. The van der Waals surface area contributed by atoms with Crippen molar-refractivity contribution in [1.29, 1.82) is 0 Å². The summed E-state index contributed by atoms with van der Waals surface area (Å²) in [6.45, 7) is 1.15. The van der Waals surface area contributed by atoms with Gasteiger partial charge in [0.2, 0.25) is 0 Å². The summed E-state index contributed by atoms with van der Waals surface area (Å²) in [6, 6.07) is 3.43. The highest BCUT2D eigenvalue weighted by molar-refractivity contribution is 5.94. The molecule has 7 nitrogen and oxygen atoms in total. The molecule has 1 aliphatic heterocycles. The van der Waals surface area contributed by atoms with E-state index in [-0.39, 0.29) is 17.5 Å². The van der Waals surface area contributed by atoms with Gasteiger partial charge in [-0.05, 0) is 51.0 Å². The fraction of sp³-hybridized carbons (Fsp3) is 0.600. The molecule has 2 fully saturated rings. The van der Waals surface area contributed by atoms with Gasteiger partial charge in [-0.15, -0.1) is 0 Å². The molecular formula is C20H24N4O3. The standard InChI is InChI=1S/C20H24N4O3/c25-18-10-9-16(13-7-8-13)21-24(18)12-14-4-3-11-23(14)20(26)19-15-5-1-2-6-17(15)27-22-19/h9-10,13-14H,1-8,11-12H2. The first kappa shape index (κ1) is 16.7. The van der Waals surface area contributed by atoms with Crippen molar-refractivity contribution in [3.05, 3.63) is 45.2 Å². The number of carbonyl (C=O) groups excluding carboxylic acids is 1. The summed E-state index contributed by atoms with van der Waals surface area (Å²) in [5, 5.41) is 8.65. The average Bonchev–Trinajstić information content (AvgIpc) is 3.28. The molecule has 1 saturated carbocycles. The van der Waals surface area contributed by atoms with E-state index in [1.807, 2.05) is 11.0 Å². The maximum Gasteiger partial charge on any atom is 0.276 e. The number of amides is 1. The van der Waals surface area contributed by atoms with Gasteiger partial charge in [-0.25, -0.2) is 4.68 Å². The van der Waals surface area contributed by atoms with Crippen LogP contribution in [0.4, 0.5) is 0 Å². The molecule has 7 heteroatoms. The topological polar surface area (TPSA) is 81.2 Å². The molecule has 0 radical (unpaired) electrons. The van der Waals surface area contributed by atoms with Gasteiger partial charge in [0.05, 0.1) is 18.3 Å². The number of hydrogen-bond donors (Lipinski definition) is 0. The van der Waals surface area contributed by atoms with Crippen molar-refractivity contribution in [3.63, 3.8) is 0 Å². The molecule has 1 amide bonds. The third-order valence-electron chi connectivity index (χ3n) is 6.06. The minimum absolute atomic E-state index is 0.0203. The third kappa shape index (κ3) is 3.09. The van der Waals surface area contributed by atoms with Crippen molar-refractivity contribution in [1.82, 2.24) is 19.8 Å². The normalized spacial score (nSPS) is 22.1. The number of carbonyl (C=O) groups is 1. The Balaban J connectivity index is 1.38. The number of aryl methyl sites for hydroxylation is 1. The minimum atomic E-state index is -0.0995. The zero-order valence-electron chi connectivity index (χ0n) is 15.4. The van der Waals surface area contributed by atoms with Crippen LogP contribution in [0.1, 0.15) is 71.9 Å². The highest BCUT2D eigenvalue weighted by Crippen LogP contribution is 2.38. The molecule has 142 valence electrons. The van der Waals surface area contributed by atoms with Gasteiger partial charge < -0.3 is 9.42 Å². The Morgan fingerprint density at radius 3 is 2.85 bits per heavy atom. The summed E-state index contributed by atoms with van der Waals surface area (Å²) in [5.74, 6) is 1.31. The first-order valence-corrected chi connectivity index (χ1v) is 10.1. The van der Waals surface area contributed by atoms with E-state index < -0.39 is 0 Å². The molecule has 2 aliphatic carbocycles. The number of nitrogens with zero attached hydrogens (tertiary/aromatic N) is 4. The molecule has 1 atom stereocenters. The Bertz CT molecular complexity index is 928. The molecule has 1 saturated heterocycles. The summed E-state index contributed by atoms with van der Waals surface area (Å²) >= 11 is 0. The van der Waals surface area contributed by atoms with Crippen LogP contribution in [-0.2, 0) is 19.4 Å². The average molecular weight is 368 g/mol. The lowest BCUT2D eigenvalue weighted by Crippen LogP contribution is -2.41. The molecule has 27 heavy (non-hydrogen) atoms. The monoisotopic (exact) mass is 368 g/mol. The Labute approximate surface area is 157 Å². The van der Waals surface area contributed by atoms with Crippen LogP contribution in [0, 0.1) is 0 Å². The van der Waals surface area contributed by atoms with E-state index in [9.17, 15) is 9.59 Å². The van der Waals surface area contributed by atoms with E-state index in [2.05, 4.69) is 10.3 Å². The summed E-state index contributed by atoms with van der Waals surface area (Å²) in [4.78, 5) is 27.3. The van der Waals surface area contributed by atoms with Gasteiger partial charge in [0.25, 0.3) is 11.5 Å². The molecule has 5 rings (SSSR count). The zero-order chi connectivity index (χ0) is 18.4.